The molecule has 0 aromatic heterocycles. The van der Waals surface area contributed by atoms with Crippen LogP contribution in [0.3, 0.4) is 0 Å². The summed E-state index contributed by atoms with van der Waals surface area (Å²) in [6.07, 6.45) is 0. The van der Waals surface area contributed by atoms with E-state index in [1.807, 2.05) is 0 Å². The van der Waals surface area contributed by atoms with Crippen LogP contribution in [0, 0.1) is 29.1 Å². The number of nitrogens with one attached hydrogen (secondary N) is 1. The van der Waals surface area contributed by atoms with Crippen LogP contribution in [0.4, 0.5) is 33.3 Å². The minimum atomic E-state index is -2.41. The van der Waals surface area contributed by atoms with Gasteiger partial charge in [-0.3, -0.25) is 4.79 Å². The predicted octanol–water partition coefficient (Wildman–Crippen LogP) is 4.84. The van der Waals surface area contributed by atoms with Crippen LogP contribution in [0.25, 0.3) is 0 Å². The minimum Gasteiger partial charge on any atom is -0.508 e. The maximum absolute atomic E-state index is 13.6. The molecule has 0 saturated carbocycles. The summed E-state index contributed by atoms with van der Waals surface area (Å²) in [6.45, 7) is -0.957. The highest BCUT2D eigenvalue weighted by molar-refractivity contribution is 6.00. The highest BCUT2D eigenvalue weighted by Crippen LogP contribution is 2.29. The SMILES string of the molecule is O=C(CNC(=O)c1ccccc1N=Nc1ccc(O)cc1)Oc1c(F)c(F)c(F)c(F)c1F. The molecule has 0 bridgehead atoms. The zero-order valence-corrected chi connectivity index (χ0v) is 16.3. The van der Waals surface area contributed by atoms with E-state index in [1.54, 1.807) is 6.07 Å². The number of azo groups is 1. The topological polar surface area (TPSA) is 100 Å². The second kappa shape index (κ2) is 9.85. The van der Waals surface area contributed by atoms with Gasteiger partial charge in [0, 0.05) is 0 Å². The molecular weight excluding hydrogens is 453 g/mol. The number of esters is 1. The molecule has 7 nitrogen and oxygen atoms in total. The smallest absolute Gasteiger partial charge is 0.331 e. The highest BCUT2D eigenvalue weighted by Gasteiger charge is 2.28. The maximum atomic E-state index is 13.6. The number of amides is 1. The molecule has 3 rings (SSSR count). The fourth-order valence-electron chi connectivity index (χ4n) is 2.46. The Balaban J connectivity index is 1.70. The lowest BCUT2D eigenvalue weighted by Crippen LogP contribution is -2.32. The van der Waals surface area contributed by atoms with Crippen molar-refractivity contribution in [3.63, 3.8) is 0 Å². The van der Waals surface area contributed by atoms with E-state index in [4.69, 9.17) is 0 Å². The predicted molar refractivity (Wildman–Crippen MR) is 103 cm³/mol. The molecule has 12 heteroatoms. The Hall–Kier alpha value is -4.35. The van der Waals surface area contributed by atoms with Crippen molar-refractivity contribution in [3.8, 4) is 11.5 Å². The molecule has 3 aromatic rings. The lowest BCUT2D eigenvalue weighted by molar-refractivity contribution is -0.133. The first kappa shape index (κ1) is 23.3. The van der Waals surface area contributed by atoms with Gasteiger partial charge >= 0.3 is 5.97 Å². The maximum Gasteiger partial charge on any atom is 0.331 e. The molecule has 0 heterocycles. The molecule has 0 atom stereocenters. The van der Waals surface area contributed by atoms with Crippen molar-refractivity contribution >= 4 is 23.3 Å². The molecule has 2 N–H and O–H groups in total. The summed E-state index contributed by atoms with van der Waals surface area (Å²) in [5.41, 5.74) is 0.426. The molecular formula is C21H12F5N3O4. The second-order valence-electron chi connectivity index (χ2n) is 6.29. The number of carbonyl (C=O) groups excluding carboxylic acids is 2. The summed E-state index contributed by atoms with van der Waals surface area (Å²) in [6, 6.07) is 11.5. The van der Waals surface area contributed by atoms with Gasteiger partial charge in [0.05, 0.1) is 16.9 Å². The third-order valence-electron chi connectivity index (χ3n) is 4.05. The van der Waals surface area contributed by atoms with Crippen molar-refractivity contribution in [2.45, 2.75) is 0 Å². The normalized spacial score (nSPS) is 10.9. The number of phenolic OH excluding ortho intramolecular Hbond substituents is 1. The van der Waals surface area contributed by atoms with Crippen LogP contribution >= 0.6 is 0 Å². The number of hydrogen-bond donors (Lipinski definition) is 2. The number of benzene rings is 3. The summed E-state index contributed by atoms with van der Waals surface area (Å²) in [7, 11) is 0. The fraction of sp³-hybridized carbons (Fsp3) is 0.0476. The lowest BCUT2D eigenvalue weighted by Gasteiger charge is -2.10. The lowest BCUT2D eigenvalue weighted by atomic mass is 10.1. The van der Waals surface area contributed by atoms with Gasteiger partial charge in [0.2, 0.25) is 34.8 Å². The fourth-order valence-corrected chi connectivity index (χ4v) is 2.46. The van der Waals surface area contributed by atoms with Gasteiger partial charge in [-0.15, -0.1) is 5.11 Å². The van der Waals surface area contributed by atoms with Crippen molar-refractivity contribution in [3.05, 3.63) is 83.2 Å². The van der Waals surface area contributed by atoms with Crippen molar-refractivity contribution < 1.29 is 41.4 Å². The van der Waals surface area contributed by atoms with Gasteiger partial charge in [0.15, 0.2) is 0 Å². The third kappa shape index (κ3) is 5.29. The number of phenols is 1. The first-order valence-electron chi connectivity index (χ1n) is 8.99. The number of hydrogen-bond acceptors (Lipinski definition) is 6. The molecule has 0 fully saturated rings. The van der Waals surface area contributed by atoms with E-state index < -0.39 is 53.3 Å². The van der Waals surface area contributed by atoms with Crippen LogP contribution in [0.2, 0.25) is 0 Å². The highest BCUT2D eigenvalue weighted by atomic mass is 19.2. The van der Waals surface area contributed by atoms with Gasteiger partial charge in [-0.2, -0.15) is 13.9 Å². The van der Waals surface area contributed by atoms with Gasteiger partial charge < -0.3 is 15.2 Å². The van der Waals surface area contributed by atoms with E-state index >= 15 is 0 Å². The molecule has 0 aliphatic heterocycles. The van der Waals surface area contributed by atoms with Crippen LogP contribution in [0.15, 0.2) is 58.8 Å². The first-order valence-corrected chi connectivity index (χ1v) is 8.99. The van der Waals surface area contributed by atoms with Gasteiger partial charge in [0.1, 0.15) is 12.3 Å². The zero-order valence-electron chi connectivity index (χ0n) is 16.3. The van der Waals surface area contributed by atoms with E-state index in [1.165, 1.54) is 42.5 Å². The molecule has 1 amide bonds. The first-order chi connectivity index (χ1) is 15.7. The summed E-state index contributed by atoms with van der Waals surface area (Å²) < 4.78 is 70.9. The molecule has 0 saturated heterocycles. The van der Waals surface area contributed by atoms with Crippen molar-refractivity contribution in [1.29, 1.82) is 0 Å². The van der Waals surface area contributed by atoms with Crippen molar-refractivity contribution in [2.24, 2.45) is 10.2 Å². The Bertz CT molecular complexity index is 1220. The Morgan fingerprint density at radius 2 is 1.39 bits per heavy atom. The quantitative estimate of drug-likeness (QED) is 0.136. The van der Waals surface area contributed by atoms with Crippen molar-refractivity contribution in [2.75, 3.05) is 6.54 Å². The van der Waals surface area contributed by atoms with Crippen LogP contribution in [0.1, 0.15) is 10.4 Å². The largest absolute Gasteiger partial charge is 0.508 e. The molecule has 3 aromatic carbocycles. The summed E-state index contributed by atoms with van der Waals surface area (Å²) >= 11 is 0. The number of aromatic hydroxyl groups is 1. The average Bonchev–Trinajstić information content (AvgIpc) is 2.82. The Morgan fingerprint density at radius 1 is 0.818 bits per heavy atom. The van der Waals surface area contributed by atoms with Crippen LogP contribution in [-0.4, -0.2) is 23.5 Å². The van der Waals surface area contributed by atoms with Gasteiger partial charge in [-0.25, -0.2) is 18.0 Å². The number of nitrogens with zero attached hydrogens (tertiary/aromatic N) is 2. The van der Waals surface area contributed by atoms with Gasteiger partial charge in [-0.1, -0.05) is 12.1 Å². The molecule has 170 valence electrons. The molecule has 33 heavy (non-hydrogen) atoms. The summed E-state index contributed by atoms with van der Waals surface area (Å²) in [5, 5.41) is 19.2. The van der Waals surface area contributed by atoms with Crippen LogP contribution < -0.4 is 10.1 Å². The molecule has 0 radical (unpaired) electrons. The minimum absolute atomic E-state index is 0.0199. The number of rotatable bonds is 6. The molecule has 0 aliphatic carbocycles. The number of ether oxygens (including phenoxy) is 1. The van der Waals surface area contributed by atoms with Gasteiger partial charge in [0.25, 0.3) is 5.91 Å². The van der Waals surface area contributed by atoms with Crippen molar-refractivity contribution in [1.82, 2.24) is 5.32 Å². The average molecular weight is 465 g/mol. The van der Waals surface area contributed by atoms with E-state index in [0.717, 1.165) is 0 Å². The molecule has 0 unspecified atom stereocenters. The standard InChI is InChI=1S/C21H12F5N3O4/c22-15-16(23)18(25)20(19(26)17(15)24)33-14(31)9-27-21(32)12-3-1-2-4-13(12)29-28-10-5-7-11(30)8-6-10/h1-8,30H,9H2,(H,27,32). The van der Waals surface area contributed by atoms with E-state index in [9.17, 15) is 36.6 Å². The Morgan fingerprint density at radius 3 is 2.03 bits per heavy atom. The molecule has 0 spiro atoms. The number of carbonyl (C=O) groups is 2. The van der Waals surface area contributed by atoms with E-state index in [2.05, 4.69) is 20.3 Å². The zero-order chi connectivity index (χ0) is 24.1. The number of halogens is 5. The van der Waals surface area contributed by atoms with Crippen LogP contribution in [-0.2, 0) is 4.79 Å². The summed E-state index contributed by atoms with van der Waals surface area (Å²) in [4.78, 5) is 24.2. The second-order valence-corrected chi connectivity index (χ2v) is 6.29. The van der Waals surface area contributed by atoms with E-state index in [0.29, 0.717) is 5.69 Å². The van der Waals surface area contributed by atoms with Crippen LogP contribution in [0.5, 0.6) is 11.5 Å². The summed E-state index contributed by atoms with van der Waals surface area (Å²) in [5.74, 6) is -15.7. The van der Waals surface area contributed by atoms with E-state index in [-0.39, 0.29) is 17.0 Å². The Kier molecular flexibility index (Phi) is 6.96. The monoisotopic (exact) mass is 465 g/mol. The Labute approximate surface area is 182 Å². The van der Waals surface area contributed by atoms with Gasteiger partial charge in [-0.05, 0) is 36.4 Å². The molecule has 0 aliphatic rings. The third-order valence-corrected chi connectivity index (χ3v) is 4.05.